The van der Waals surface area contributed by atoms with Crippen LogP contribution in [0.1, 0.15) is 27.7 Å². The smallest absolute Gasteiger partial charge is 0.373 e. The fourth-order valence-corrected chi connectivity index (χ4v) is 3.97. The van der Waals surface area contributed by atoms with Crippen LogP contribution in [0.25, 0.3) is 0 Å². The summed E-state index contributed by atoms with van der Waals surface area (Å²) in [6.45, 7) is 11.3. The van der Waals surface area contributed by atoms with E-state index >= 15 is 0 Å². The van der Waals surface area contributed by atoms with Crippen LogP contribution in [0.5, 0.6) is 0 Å². The highest BCUT2D eigenvalue weighted by Crippen LogP contribution is 2.19. The minimum Gasteiger partial charge on any atom is -0.373 e. The van der Waals surface area contributed by atoms with Crippen molar-refractivity contribution in [2.45, 2.75) is 46.6 Å². The molecule has 7 nitrogen and oxygen atoms in total. The van der Waals surface area contributed by atoms with Crippen LogP contribution in [-0.2, 0) is 32.2 Å². The van der Waals surface area contributed by atoms with Gasteiger partial charge in [-0.2, -0.15) is 0 Å². The molecule has 3 unspecified atom stereocenters. The van der Waals surface area contributed by atoms with Crippen LogP contribution in [0.15, 0.2) is 12.2 Å². The van der Waals surface area contributed by atoms with Crippen LogP contribution in [0.4, 0.5) is 0 Å². The molecule has 0 aliphatic rings. The van der Waals surface area contributed by atoms with Crippen molar-refractivity contribution < 1.29 is 32.2 Å². The fourth-order valence-electron chi connectivity index (χ4n) is 1.44. The third-order valence-electron chi connectivity index (χ3n) is 2.66. The summed E-state index contributed by atoms with van der Waals surface area (Å²) in [5.74, 6) is 0. The van der Waals surface area contributed by atoms with Crippen LogP contribution >= 0.6 is 0 Å². The first kappa shape index (κ1) is 21.7. The molecule has 132 valence electrons. The lowest BCUT2D eigenvalue weighted by Gasteiger charge is -2.34. The average Bonchev–Trinajstić information content (AvgIpc) is 2.46. The first-order valence-electron chi connectivity index (χ1n) is 7.12. The number of rotatable bonds is 13. The second-order valence-electron chi connectivity index (χ2n) is 4.90. The molecule has 0 fully saturated rings. The zero-order valence-electron chi connectivity index (χ0n) is 14.7. The van der Waals surface area contributed by atoms with Crippen molar-refractivity contribution in [3.05, 3.63) is 12.2 Å². The van der Waals surface area contributed by atoms with Gasteiger partial charge >= 0.3 is 8.80 Å². The summed E-state index contributed by atoms with van der Waals surface area (Å²) in [5, 5.41) is 0. The molecule has 0 aliphatic carbocycles. The topological polar surface area (TPSA) is 64.6 Å². The van der Waals surface area contributed by atoms with E-state index in [1.807, 2.05) is 6.92 Å². The molecule has 0 saturated carbocycles. The minimum absolute atomic E-state index is 0.134. The van der Waals surface area contributed by atoms with Crippen molar-refractivity contribution in [1.29, 1.82) is 0 Å². The predicted octanol–water partition coefficient (Wildman–Crippen LogP) is 2.08. The zero-order chi connectivity index (χ0) is 17.2. The van der Waals surface area contributed by atoms with Crippen molar-refractivity contribution >= 4 is 8.80 Å². The van der Waals surface area contributed by atoms with E-state index in [1.54, 1.807) is 20.8 Å². The second kappa shape index (κ2) is 11.2. The molecule has 0 saturated heterocycles. The number of hydrogen-bond acceptors (Lipinski definition) is 7. The molecule has 0 rings (SSSR count). The Labute approximate surface area is 134 Å². The number of hydrogen-bond donors (Lipinski definition) is 0. The summed E-state index contributed by atoms with van der Waals surface area (Å²) in [6, 6.07) is 0. The maximum atomic E-state index is 5.87. The van der Waals surface area contributed by atoms with E-state index in [2.05, 4.69) is 6.58 Å². The summed E-state index contributed by atoms with van der Waals surface area (Å²) in [6.07, 6.45) is -1.43. The molecule has 8 heteroatoms. The molecule has 3 atom stereocenters. The first-order chi connectivity index (χ1) is 10.3. The minimum atomic E-state index is -3.25. The molecule has 0 radical (unpaired) electrons. The van der Waals surface area contributed by atoms with Crippen LogP contribution in [-0.4, -0.2) is 61.8 Å². The summed E-state index contributed by atoms with van der Waals surface area (Å²) in [7, 11) is 1.37. The Morgan fingerprint density at radius 3 is 1.50 bits per heavy atom. The molecule has 0 amide bonds. The molecule has 0 N–H and O–H groups in total. The van der Waals surface area contributed by atoms with Crippen molar-refractivity contribution in [3.63, 3.8) is 0 Å². The molecule has 0 bridgehead atoms. The van der Waals surface area contributed by atoms with Gasteiger partial charge < -0.3 is 32.2 Å². The third kappa shape index (κ3) is 8.96. The van der Waals surface area contributed by atoms with E-state index in [9.17, 15) is 0 Å². The monoisotopic (exact) mass is 338 g/mol. The van der Waals surface area contributed by atoms with Crippen molar-refractivity contribution in [2.75, 3.05) is 34.2 Å². The fraction of sp³-hybridized carbons (Fsp3) is 0.857. The zero-order valence-corrected chi connectivity index (χ0v) is 15.7. The highest BCUT2D eigenvalue weighted by Gasteiger charge is 2.47. The van der Waals surface area contributed by atoms with Gasteiger partial charge in [-0.1, -0.05) is 12.2 Å². The molecule has 0 aliphatic heterocycles. The van der Waals surface area contributed by atoms with Gasteiger partial charge in [0.1, 0.15) is 25.1 Å². The number of methoxy groups -OCH3 is 3. The van der Waals surface area contributed by atoms with Crippen molar-refractivity contribution in [1.82, 2.24) is 0 Å². The largest absolute Gasteiger partial charge is 0.534 e. The van der Waals surface area contributed by atoms with Gasteiger partial charge in [0.05, 0.1) is 6.61 Å². The normalized spacial score (nSPS) is 18.5. The average molecular weight is 338 g/mol. The van der Waals surface area contributed by atoms with Gasteiger partial charge in [0, 0.05) is 21.3 Å². The van der Waals surface area contributed by atoms with Gasteiger partial charge in [0.25, 0.3) is 0 Å². The maximum Gasteiger partial charge on any atom is 0.534 e. The van der Waals surface area contributed by atoms with Gasteiger partial charge in [-0.05, 0) is 27.7 Å². The van der Waals surface area contributed by atoms with Gasteiger partial charge in [-0.25, -0.2) is 0 Å². The van der Waals surface area contributed by atoms with E-state index in [4.69, 9.17) is 32.2 Å². The molecule has 0 aromatic carbocycles. The summed E-state index contributed by atoms with van der Waals surface area (Å²) >= 11 is 0. The molecular weight excluding hydrogens is 308 g/mol. The SMILES string of the molecule is C=C(C)COC[Si](OC(C)OC)(OC(C)OC)OC(C)OC. The summed E-state index contributed by atoms with van der Waals surface area (Å²) < 4.78 is 38.7. The van der Waals surface area contributed by atoms with Crippen LogP contribution in [0.2, 0.25) is 0 Å². The maximum absolute atomic E-state index is 5.87. The molecule has 0 spiro atoms. The lowest BCUT2D eigenvalue weighted by Crippen LogP contribution is -2.56. The van der Waals surface area contributed by atoms with Gasteiger partial charge in [0.15, 0.2) is 0 Å². The van der Waals surface area contributed by atoms with E-state index < -0.39 is 27.7 Å². The van der Waals surface area contributed by atoms with Crippen LogP contribution < -0.4 is 0 Å². The Bertz CT molecular complexity index is 282. The molecule has 0 aromatic rings. The Morgan fingerprint density at radius 1 is 0.864 bits per heavy atom. The van der Waals surface area contributed by atoms with Gasteiger partial charge in [-0.3, -0.25) is 0 Å². The Hall–Kier alpha value is -0.323. The highest BCUT2D eigenvalue weighted by atomic mass is 28.4. The molecule has 0 heterocycles. The van der Waals surface area contributed by atoms with Gasteiger partial charge in [0.2, 0.25) is 0 Å². The van der Waals surface area contributed by atoms with Crippen molar-refractivity contribution in [2.24, 2.45) is 0 Å². The van der Waals surface area contributed by atoms with E-state index in [0.29, 0.717) is 6.61 Å². The Morgan fingerprint density at radius 2 is 1.23 bits per heavy atom. The molecular formula is C14H30O7Si. The third-order valence-corrected chi connectivity index (χ3v) is 5.29. The second-order valence-corrected chi connectivity index (χ2v) is 7.26. The summed E-state index contributed by atoms with van der Waals surface area (Å²) in [5.41, 5.74) is 0.891. The lowest BCUT2D eigenvalue weighted by molar-refractivity contribution is -0.169. The quantitative estimate of drug-likeness (QED) is 0.289. The Balaban J connectivity index is 5.12. The van der Waals surface area contributed by atoms with Crippen LogP contribution in [0, 0.1) is 0 Å². The van der Waals surface area contributed by atoms with Crippen molar-refractivity contribution in [3.8, 4) is 0 Å². The Kier molecular flexibility index (Phi) is 11.1. The standard InChI is InChI=1S/C14H30O7Si/c1-11(2)9-18-10-22(19-12(3)15-6,20-13(4)16-7)21-14(5)17-8/h12-14H,1,9-10H2,2-8H3. The molecule has 22 heavy (non-hydrogen) atoms. The summed E-state index contributed by atoms with van der Waals surface area (Å²) in [4.78, 5) is 0. The molecule has 0 aromatic heterocycles. The highest BCUT2D eigenvalue weighted by molar-refractivity contribution is 6.60. The lowest BCUT2D eigenvalue weighted by atomic mass is 10.4. The first-order valence-corrected chi connectivity index (χ1v) is 9.05. The van der Waals surface area contributed by atoms with E-state index in [1.165, 1.54) is 21.3 Å². The predicted molar refractivity (Wildman–Crippen MR) is 84.1 cm³/mol. The number of ether oxygens (including phenoxy) is 4. The van der Waals surface area contributed by atoms with E-state index in [0.717, 1.165) is 5.57 Å². The van der Waals surface area contributed by atoms with E-state index in [-0.39, 0.29) is 6.23 Å². The van der Waals surface area contributed by atoms with Gasteiger partial charge in [-0.15, -0.1) is 0 Å². The van der Waals surface area contributed by atoms with Crippen LogP contribution in [0.3, 0.4) is 0 Å².